The van der Waals surface area contributed by atoms with Gasteiger partial charge in [0.05, 0.1) is 11.6 Å². The average Bonchev–Trinajstić information content (AvgIpc) is 2.73. The Balaban J connectivity index is 2.12. The van der Waals surface area contributed by atoms with E-state index < -0.39 is 5.82 Å². The molecule has 2 aromatic rings. The van der Waals surface area contributed by atoms with Gasteiger partial charge in [-0.2, -0.15) is 10.2 Å². The van der Waals surface area contributed by atoms with Gasteiger partial charge in [-0.3, -0.25) is 4.52 Å². The van der Waals surface area contributed by atoms with Crippen LogP contribution in [-0.2, 0) is 6.61 Å². The van der Waals surface area contributed by atoms with Crippen molar-refractivity contribution in [2.75, 3.05) is 0 Å². The van der Waals surface area contributed by atoms with Crippen molar-refractivity contribution in [2.24, 2.45) is 0 Å². The molecule has 17 heavy (non-hydrogen) atoms. The highest BCUT2D eigenvalue weighted by molar-refractivity contribution is 5.37. The predicted molar refractivity (Wildman–Crippen MR) is 54.5 cm³/mol. The Kier molecular flexibility index (Phi) is 3.01. The molecule has 0 aliphatic rings. The summed E-state index contributed by atoms with van der Waals surface area (Å²) in [7, 11) is 0. The van der Waals surface area contributed by atoms with E-state index >= 15 is 0 Å². The number of hydrogen-bond donors (Lipinski definition) is 0. The molecule has 0 fully saturated rings. The van der Waals surface area contributed by atoms with Crippen LogP contribution in [0.2, 0.25) is 0 Å². The van der Waals surface area contributed by atoms with Crippen LogP contribution < -0.4 is 4.74 Å². The molecule has 0 radical (unpaired) electrons. The second-order valence-electron chi connectivity index (χ2n) is 3.31. The van der Waals surface area contributed by atoms with Crippen molar-refractivity contribution >= 4 is 0 Å². The summed E-state index contributed by atoms with van der Waals surface area (Å²) in [6.45, 7) is 1.74. The molecule has 1 heterocycles. The Morgan fingerprint density at radius 3 is 3.00 bits per heavy atom. The highest BCUT2D eigenvalue weighted by Gasteiger charge is 2.07. The molecule has 5 nitrogen and oxygen atoms in total. The second kappa shape index (κ2) is 4.61. The lowest BCUT2D eigenvalue weighted by Crippen LogP contribution is -1.99. The maximum absolute atomic E-state index is 12.9. The number of benzene rings is 1. The van der Waals surface area contributed by atoms with Crippen LogP contribution in [0.25, 0.3) is 0 Å². The number of aromatic nitrogens is 2. The Morgan fingerprint density at radius 1 is 1.53 bits per heavy atom. The van der Waals surface area contributed by atoms with Crippen molar-refractivity contribution in [3.8, 4) is 12.1 Å². The number of aryl methyl sites for hydroxylation is 1. The van der Waals surface area contributed by atoms with Crippen molar-refractivity contribution in [1.29, 1.82) is 5.26 Å². The quantitative estimate of drug-likeness (QED) is 0.810. The highest BCUT2D eigenvalue weighted by atomic mass is 19.1. The molecule has 0 saturated heterocycles. The second-order valence-corrected chi connectivity index (χ2v) is 3.31. The maximum Gasteiger partial charge on any atom is 0.417 e. The minimum absolute atomic E-state index is 0.0238. The Hall–Kier alpha value is -2.42. The van der Waals surface area contributed by atoms with E-state index in [9.17, 15) is 4.39 Å². The fourth-order valence-electron chi connectivity index (χ4n) is 1.25. The summed E-state index contributed by atoms with van der Waals surface area (Å²) in [4.78, 5) is 3.84. The summed E-state index contributed by atoms with van der Waals surface area (Å²) in [6.07, 6.45) is 0.0238. The average molecular weight is 233 g/mol. The SMILES string of the molecule is Cc1noc(OCc2ccc(F)cc2C#N)n1. The van der Waals surface area contributed by atoms with Crippen LogP contribution in [-0.4, -0.2) is 10.1 Å². The zero-order valence-electron chi connectivity index (χ0n) is 8.98. The van der Waals surface area contributed by atoms with Gasteiger partial charge in [0.25, 0.3) is 0 Å². The van der Waals surface area contributed by atoms with E-state index in [2.05, 4.69) is 10.1 Å². The largest absolute Gasteiger partial charge is 0.444 e. The summed E-state index contributed by atoms with van der Waals surface area (Å²) >= 11 is 0. The summed E-state index contributed by atoms with van der Waals surface area (Å²) in [5, 5.41) is 12.4. The zero-order chi connectivity index (χ0) is 12.3. The summed E-state index contributed by atoms with van der Waals surface area (Å²) in [5.41, 5.74) is 0.783. The van der Waals surface area contributed by atoms with Gasteiger partial charge in [0.1, 0.15) is 12.4 Å². The van der Waals surface area contributed by atoms with Gasteiger partial charge in [0.15, 0.2) is 5.82 Å². The predicted octanol–water partition coefficient (Wildman–Crippen LogP) is 1.97. The van der Waals surface area contributed by atoms with E-state index in [-0.39, 0.29) is 18.2 Å². The van der Waals surface area contributed by atoms with Gasteiger partial charge in [-0.15, -0.1) is 0 Å². The first-order chi connectivity index (χ1) is 8.19. The van der Waals surface area contributed by atoms with E-state index in [0.717, 1.165) is 6.07 Å². The number of nitrogens with zero attached hydrogens (tertiary/aromatic N) is 3. The molecular weight excluding hydrogens is 225 g/mol. The standard InChI is InChI=1S/C11H8FN3O2/c1-7-14-11(17-15-7)16-6-8-2-3-10(12)4-9(8)5-13/h2-4H,6H2,1H3. The normalized spacial score (nSPS) is 9.94. The molecule has 2 rings (SSSR count). The molecular formula is C11H8FN3O2. The van der Waals surface area contributed by atoms with Crippen LogP contribution in [0.15, 0.2) is 22.7 Å². The van der Waals surface area contributed by atoms with E-state index in [4.69, 9.17) is 14.5 Å². The van der Waals surface area contributed by atoms with Gasteiger partial charge < -0.3 is 4.74 Å². The van der Waals surface area contributed by atoms with Crippen LogP contribution in [0.5, 0.6) is 6.08 Å². The molecule has 1 aromatic carbocycles. The van der Waals surface area contributed by atoms with Gasteiger partial charge in [-0.05, 0) is 19.1 Å². The third kappa shape index (κ3) is 2.58. The maximum atomic E-state index is 12.9. The summed E-state index contributed by atoms with van der Waals surface area (Å²) in [5.74, 6) is -0.00134. The van der Waals surface area contributed by atoms with Crippen LogP contribution in [0.3, 0.4) is 0 Å². The van der Waals surface area contributed by atoms with Crippen molar-refractivity contribution in [1.82, 2.24) is 10.1 Å². The Labute approximate surface area is 96.4 Å². The first-order valence-electron chi connectivity index (χ1n) is 4.80. The van der Waals surface area contributed by atoms with Crippen molar-refractivity contribution in [2.45, 2.75) is 13.5 Å². The first kappa shape index (κ1) is 11.1. The topological polar surface area (TPSA) is 71.9 Å². The first-order valence-corrected chi connectivity index (χ1v) is 4.80. The zero-order valence-corrected chi connectivity index (χ0v) is 8.98. The van der Waals surface area contributed by atoms with Crippen molar-refractivity contribution in [3.05, 3.63) is 41.0 Å². The molecule has 86 valence electrons. The van der Waals surface area contributed by atoms with E-state index in [1.54, 1.807) is 6.92 Å². The number of rotatable bonds is 3. The van der Waals surface area contributed by atoms with Crippen LogP contribution >= 0.6 is 0 Å². The van der Waals surface area contributed by atoms with Gasteiger partial charge in [0.2, 0.25) is 0 Å². The smallest absolute Gasteiger partial charge is 0.417 e. The number of halogens is 1. The lowest BCUT2D eigenvalue weighted by atomic mass is 10.1. The molecule has 0 amide bonds. The number of nitriles is 1. The number of ether oxygens (including phenoxy) is 1. The number of hydrogen-bond acceptors (Lipinski definition) is 5. The van der Waals surface area contributed by atoms with Crippen molar-refractivity contribution in [3.63, 3.8) is 0 Å². The molecule has 0 aliphatic heterocycles. The van der Waals surface area contributed by atoms with Gasteiger partial charge in [-0.1, -0.05) is 11.2 Å². The lowest BCUT2D eigenvalue weighted by Gasteiger charge is -2.03. The Bertz CT molecular complexity index is 574. The minimum Gasteiger partial charge on any atom is -0.444 e. The molecule has 0 saturated carbocycles. The van der Waals surface area contributed by atoms with Crippen LogP contribution in [0.4, 0.5) is 4.39 Å². The summed E-state index contributed by atoms with van der Waals surface area (Å²) in [6, 6.07) is 5.79. The minimum atomic E-state index is -0.459. The Morgan fingerprint density at radius 2 is 2.35 bits per heavy atom. The van der Waals surface area contributed by atoms with Gasteiger partial charge >= 0.3 is 6.08 Å². The third-order valence-corrected chi connectivity index (χ3v) is 2.05. The third-order valence-electron chi connectivity index (χ3n) is 2.05. The molecule has 0 unspecified atom stereocenters. The summed E-state index contributed by atoms with van der Waals surface area (Å²) < 4.78 is 22.8. The van der Waals surface area contributed by atoms with Gasteiger partial charge in [0, 0.05) is 5.56 Å². The fraction of sp³-hybridized carbons (Fsp3) is 0.182. The molecule has 0 N–H and O–H groups in total. The lowest BCUT2D eigenvalue weighted by molar-refractivity contribution is 0.195. The van der Waals surface area contributed by atoms with Gasteiger partial charge in [-0.25, -0.2) is 4.39 Å². The van der Waals surface area contributed by atoms with Crippen LogP contribution in [0, 0.1) is 24.1 Å². The molecule has 0 bridgehead atoms. The molecule has 6 heteroatoms. The molecule has 0 atom stereocenters. The molecule has 1 aromatic heterocycles. The molecule has 0 spiro atoms. The molecule has 0 aliphatic carbocycles. The van der Waals surface area contributed by atoms with E-state index in [0.29, 0.717) is 11.4 Å². The monoisotopic (exact) mass is 233 g/mol. The fourth-order valence-corrected chi connectivity index (χ4v) is 1.25. The van der Waals surface area contributed by atoms with E-state index in [1.807, 2.05) is 6.07 Å². The van der Waals surface area contributed by atoms with E-state index in [1.165, 1.54) is 12.1 Å². The van der Waals surface area contributed by atoms with Crippen LogP contribution in [0.1, 0.15) is 17.0 Å². The highest BCUT2D eigenvalue weighted by Crippen LogP contribution is 2.14. The van der Waals surface area contributed by atoms with Crippen molar-refractivity contribution < 1.29 is 13.7 Å².